The Morgan fingerprint density at radius 2 is 1.82 bits per heavy atom. The van der Waals surface area contributed by atoms with Crippen LogP contribution in [0.3, 0.4) is 0 Å². The summed E-state index contributed by atoms with van der Waals surface area (Å²) in [4.78, 5) is 13.6. The molecule has 0 radical (unpaired) electrons. The van der Waals surface area contributed by atoms with Gasteiger partial charge in [0.25, 0.3) is 0 Å². The number of nitrogens with zero attached hydrogens (tertiary/aromatic N) is 6. The van der Waals surface area contributed by atoms with E-state index in [-0.39, 0.29) is 6.54 Å². The molecule has 34 heavy (non-hydrogen) atoms. The monoisotopic (exact) mass is 478 g/mol. The molecule has 0 amide bonds. The van der Waals surface area contributed by atoms with Crippen molar-refractivity contribution in [3.63, 3.8) is 0 Å². The van der Waals surface area contributed by atoms with Crippen molar-refractivity contribution < 1.29 is 8.42 Å². The van der Waals surface area contributed by atoms with Gasteiger partial charge >= 0.3 is 0 Å². The van der Waals surface area contributed by atoms with Crippen molar-refractivity contribution in [2.75, 3.05) is 43.4 Å². The second-order valence-corrected chi connectivity index (χ2v) is 9.08. The molecule has 0 saturated carbocycles. The van der Waals surface area contributed by atoms with Crippen LogP contribution in [0.25, 0.3) is 16.8 Å². The number of piperazine rings is 1. The lowest BCUT2D eigenvalue weighted by molar-refractivity contribution is 0.313. The van der Waals surface area contributed by atoms with Crippen molar-refractivity contribution in [1.29, 1.82) is 0 Å². The van der Waals surface area contributed by atoms with E-state index in [1.807, 2.05) is 53.2 Å². The number of hydrogen-bond donors (Lipinski definition) is 3. The van der Waals surface area contributed by atoms with Crippen molar-refractivity contribution in [3.05, 3.63) is 66.5 Å². The van der Waals surface area contributed by atoms with Gasteiger partial charge in [-0.3, -0.25) is 0 Å². The fourth-order valence-electron chi connectivity index (χ4n) is 4.00. The molecule has 1 aliphatic heterocycles. The minimum absolute atomic E-state index is 0.243. The highest BCUT2D eigenvalue weighted by atomic mass is 32.2. The van der Waals surface area contributed by atoms with Crippen LogP contribution < -0.4 is 14.9 Å². The van der Waals surface area contributed by atoms with Gasteiger partial charge in [0.05, 0.1) is 29.3 Å². The van der Waals surface area contributed by atoms with Crippen LogP contribution in [0.5, 0.6) is 0 Å². The molecule has 1 aliphatic rings. The van der Waals surface area contributed by atoms with Crippen LogP contribution in [0.15, 0.2) is 60.9 Å². The molecule has 1 aromatic carbocycles. The summed E-state index contributed by atoms with van der Waals surface area (Å²) in [5.41, 5.74) is 4.64. The summed E-state index contributed by atoms with van der Waals surface area (Å²) in [6.45, 7) is 4.32. The lowest BCUT2D eigenvalue weighted by Crippen LogP contribution is -2.44. The fourth-order valence-corrected chi connectivity index (χ4v) is 4.31. The molecule has 11 heteroatoms. The molecule has 1 saturated heterocycles. The van der Waals surface area contributed by atoms with Gasteiger partial charge < -0.3 is 15.1 Å². The number of pyridine rings is 1. The molecule has 0 aliphatic carbocycles. The Labute approximate surface area is 199 Å². The molecule has 0 atom stereocenters. The molecule has 1 fully saturated rings. The number of fused-ring (bicyclic) bond motifs is 1. The second kappa shape index (κ2) is 9.75. The number of hydrogen-bond acceptors (Lipinski definition) is 8. The van der Waals surface area contributed by atoms with Gasteiger partial charge in [-0.25, -0.2) is 27.6 Å². The largest absolute Gasteiger partial charge is 0.368 e. The molecule has 0 spiro atoms. The van der Waals surface area contributed by atoms with E-state index >= 15 is 0 Å². The average Bonchev–Trinajstić information content (AvgIpc) is 3.27. The molecule has 0 bridgehead atoms. The molecule has 176 valence electrons. The lowest BCUT2D eigenvalue weighted by Gasteiger charge is -2.33. The summed E-state index contributed by atoms with van der Waals surface area (Å²) in [6, 6.07) is 15.6. The minimum Gasteiger partial charge on any atom is -0.368 e. The maximum atomic E-state index is 10.8. The summed E-state index contributed by atoms with van der Waals surface area (Å²) >= 11 is 0. The third-order valence-electron chi connectivity index (χ3n) is 5.89. The maximum Gasteiger partial charge on any atom is 0.246 e. The molecule has 10 nitrogen and oxygen atoms in total. The molecular weight excluding hydrogens is 452 g/mol. The topological polar surface area (TPSA) is 108 Å². The van der Waals surface area contributed by atoms with Crippen LogP contribution >= 0.6 is 0 Å². The van der Waals surface area contributed by atoms with Gasteiger partial charge in [0.2, 0.25) is 16.8 Å². The Kier molecular flexibility index (Phi) is 6.39. The van der Waals surface area contributed by atoms with Crippen molar-refractivity contribution in [1.82, 2.24) is 29.2 Å². The van der Waals surface area contributed by atoms with Crippen molar-refractivity contribution >= 4 is 33.9 Å². The summed E-state index contributed by atoms with van der Waals surface area (Å²) < 4.78 is 25.9. The number of thiol groups is 1. The van der Waals surface area contributed by atoms with E-state index in [0.29, 0.717) is 11.8 Å². The van der Waals surface area contributed by atoms with Crippen LogP contribution in [0.1, 0.15) is 5.56 Å². The minimum atomic E-state index is -2.64. The van der Waals surface area contributed by atoms with Crippen molar-refractivity contribution in [2.24, 2.45) is 0 Å². The van der Waals surface area contributed by atoms with E-state index in [1.165, 1.54) is 0 Å². The van der Waals surface area contributed by atoms with Gasteiger partial charge in [-0.05, 0) is 42.9 Å². The van der Waals surface area contributed by atoms with E-state index in [2.05, 4.69) is 48.0 Å². The van der Waals surface area contributed by atoms with E-state index in [0.717, 1.165) is 54.2 Å². The van der Waals surface area contributed by atoms with Crippen LogP contribution in [0.4, 0.5) is 17.5 Å². The van der Waals surface area contributed by atoms with E-state index in [9.17, 15) is 8.42 Å². The van der Waals surface area contributed by atoms with Gasteiger partial charge in [-0.15, -0.1) is 5.10 Å². The Bertz CT molecular complexity index is 1350. The standard InChI is InChI=1S/C23H26N8O2S/c1-29-9-11-30(12-10-29)19-6-8-22(24-15-19)27-23-25-16-20-5-7-21(31(20)28-23)18-4-2-3-17(13-18)14-26-34(32)33/h2-8,13,15-16,34H,9-12,14H2,1H3,(H,24,27,28)(H,26,32,33). The number of benzene rings is 1. The number of aromatic nitrogens is 4. The molecule has 5 rings (SSSR count). The first-order chi connectivity index (χ1) is 16.5. The third kappa shape index (κ3) is 5.01. The van der Waals surface area contributed by atoms with Crippen LogP contribution in [-0.2, 0) is 17.4 Å². The molecular formula is C23H26N8O2S. The number of anilines is 3. The summed E-state index contributed by atoms with van der Waals surface area (Å²) in [5.74, 6) is 1.11. The Balaban J connectivity index is 1.35. The first-order valence-corrected chi connectivity index (χ1v) is 12.2. The predicted molar refractivity (Wildman–Crippen MR) is 133 cm³/mol. The summed E-state index contributed by atoms with van der Waals surface area (Å²) in [5, 5.41) is 7.85. The molecule has 2 N–H and O–H groups in total. The van der Waals surface area contributed by atoms with Gasteiger partial charge in [0, 0.05) is 38.3 Å². The smallest absolute Gasteiger partial charge is 0.246 e. The third-order valence-corrected chi connectivity index (χ3v) is 6.31. The van der Waals surface area contributed by atoms with Gasteiger partial charge in [0.1, 0.15) is 5.82 Å². The quantitative estimate of drug-likeness (QED) is 0.346. The Morgan fingerprint density at radius 3 is 2.59 bits per heavy atom. The van der Waals surface area contributed by atoms with Gasteiger partial charge in [-0.2, -0.15) is 0 Å². The summed E-state index contributed by atoms with van der Waals surface area (Å²) in [6.07, 6.45) is 3.63. The number of likely N-dealkylation sites (N-methyl/N-ethyl adjacent to an activating group) is 1. The Hall–Kier alpha value is -3.54. The van der Waals surface area contributed by atoms with E-state index in [4.69, 9.17) is 0 Å². The van der Waals surface area contributed by atoms with E-state index in [1.54, 1.807) is 6.20 Å². The first kappa shape index (κ1) is 22.3. The zero-order valence-electron chi connectivity index (χ0n) is 18.8. The van der Waals surface area contributed by atoms with Crippen LogP contribution in [0.2, 0.25) is 0 Å². The SMILES string of the molecule is CN1CCN(c2ccc(Nc3ncc4ccc(-c5cccc(CN[SH](=O)=O)c5)n4n3)nc2)CC1. The fraction of sp³-hybridized carbons (Fsp3) is 0.261. The highest BCUT2D eigenvalue weighted by molar-refractivity contribution is 7.70. The zero-order chi connectivity index (χ0) is 23.5. The van der Waals surface area contributed by atoms with Crippen molar-refractivity contribution in [3.8, 4) is 11.3 Å². The maximum absolute atomic E-state index is 10.8. The van der Waals surface area contributed by atoms with Crippen molar-refractivity contribution in [2.45, 2.75) is 6.54 Å². The van der Waals surface area contributed by atoms with E-state index < -0.39 is 10.9 Å². The predicted octanol–water partition coefficient (Wildman–Crippen LogP) is 1.90. The lowest BCUT2D eigenvalue weighted by atomic mass is 10.1. The zero-order valence-corrected chi connectivity index (χ0v) is 19.7. The molecule has 4 heterocycles. The highest BCUT2D eigenvalue weighted by Crippen LogP contribution is 2.24. The average molecular weight is 479 g/mol. The molecule has 4 aromatic rings. The summed E-state index contributed by atoms with van der Waals surface area (Å²) in [7, 11) is -0.497. The number of nitrogens with one attached hydrogen (secondary N) is 2. The van der Waals surface area contributed by atoms with Crippen LogP contribution in [0, 0.1) is 0 Å². The number of rotatable bonds is 7. The van der Waals surface area contributed by atoms with Crippen LogP contribution in [-0.4, -0.2) is 66.1 Å². The molecule has 3 aromatic heterocycles. The molecule has 0 unspecified atom stereocenters. The first-order valence-electron chi connectivity index (χ1n) is 11.0. The second-order valence-electron chi connectivity index (χ2n) is 8.25. The Morgan fingerprint density at radius 1 is 0.971 bits per heavy atom. The normalized spacial score (nSPS) is 14.7. The van der Waals surface area contributed by atoms with Gasteiger partial charge in [-0.1, -0.05) is 18.2 Å². The van der Waals surface area contributed by atoms with Gasteiger partial charge in [0.15, 0.2) is 0 Å². The highest BCUT2D eigenvalue weighted by Gasteiger charge is 2.15.